The topological polar surface area (TPSA) is 95.9 Å². The molecule has 6 heteroatoms. The molecule has 0 aromatic heterocycles. The predicted octanol–water partition coefficient (Wildman–Crippen LogP) is 17.8. The van der Waals surface area contributed by atoms with E-state index in [0.29, 0.717) is 19.4 Å². The Labute approximate surface area is 410 Å². The third-order valence-corrected chi connectivity index (χ3v) is 13.1. The van der Waals surface area contributed by atoms with Crippen molar-refractivity contribution in [2.75, 3.05) is 13.2 Å². The Bertz CT molecular complexity index is 1110. The molecule has 0 saturated heterocycles. The van der Waals surface area contributed by atoms with Gasteiger partial charge in [-0.2, -0.15) is 0 Å². The maximum Gasteiger partial charge on any atom is 0.305 e. The molecule has 0 aliphatic carbocycles. The highest BCUT2D eigenvalue weighted by Gasteiger charge is 2.18. The molecule has 0 saturated carbocycles. The summed E-state index contributed by atoms with van der Waals surface area (Å²) in [5.41, 5.74) is 0. The number of unbranched alkanes of at least 4 members (excludes halogenated alkanes) is 36. The lowest BCUT2D eigenvalue weighted by Crippen LogP contribution is -2.45. The van der Waals surface area contributed by atoms with Crippen LogP contribution in [0.15, 0.2) is 48.6 Å². The highest BCUT2D eigenvalue weighted by molar-refractivity contribution is 5.76. The molecular formula is C60H111NO5. The van der Waals surface area contributed by atoms with Crippen molar-refractivity contribution in [2.24, 2.45) is 0 Å². The Morgan fingerprint density at radius 1 is 0.424 bits per heavy atom. The summed E-state index contributed by atoms with van der Waals surface area (Å²) in [6, 6.07) is -0.652. The van der Waals surface area contributed by atoms with Crippen LogP contribution in [-0.4, -0.2) is 47.4 Å². The molecule has 6 nitrogen and oxygen atoms in total. The lowest BCUT2D eigenvalue weighted by Gasteiger charge is -2.20. The predicted molar refractivity (Wildman–Crippen MR) is 287 cm³/mol. The van der Waals surface area contributed by atoms with Crippen LogP contribution in [0.5, 0.6) is 0 Å². The average Bonchev–Trinajstić information content (AvgIpc) is 3.32. The molecule has 0 fully saturated rings. The van der Waals surface area contributed by atoms with E-state index in [-0.39, 0.29) is 18.5 Å². The highest BCUT2D eigenvalue weighted by atomic mass is 16.5. The van der Waals surface area contributed by atoms with Crippen LogP contribution >= 0.6 is 0 Å². The lowest BCUT2D eigenvalue weighted by atomic mass is 10.0. The molecule has 0 heterocycles. The van der Waals surface area contributed by atoms with Crippen LogP contribution in [0.1, 0.15) is 296 Å². The van der Waals surface area contributed by atoms with Crippen molar-refractivity contribution in [3.05, 3.63) is 48.6 Å². The average molecular weight is 927 g/mol. The largest absolute Gasteiger partial charge is 0.466 e. The summed E-state index contributed by atoms with van der Waals surface area (Å²) in [6.07, 6.45) is 69.9. The van der Waals surface area contributed by atoms with Crippen molar-refractivity contribution in [1.29, 1.82) is 0 Å². The van der Waals surface area contributed by atoms with E-state index in [9.17, 15) is 19.8 Å². The fourth-order valence-corrected chi connectivity index (χ4v) is 8.60. The zero-order valence-corrected chi connectivity index (χ0v) is 43.9. The van der Waals surface area contributed by atoms with Crippen molar-refractivity contribution >= 4 is 11.9 Å². The molecule has 0 bridgehead atoms. The van der Waals surface area contributed by atoms with Crippen LogP contribution in [0.2, 0.25) is 0 Å². The number of aliphatic hydroxyl groups excluding tert-OH is 2. The number of rotatable bonds is 53. The minimum Gasteiger partial charge on any atom is -0.466 e. The van der Waals surface area contributed by atoms with Gasteiger partial charge in [0.2, 0.25) is 5.91 Å². The minimum atomic E-state index is -0.865. The number of ether oxygens (including phenoxy) is 1. The number of allylic oxidation sites excluding steroid dienone is 7. The van der Waals surface area contributed by atoms with Gasteiger partial charge >= 0.3 is 5.97 Å². The molecule has 0 rings (SSSR count). The van der Waals surface area contributed by atoms with E-state index in [1.165, 1.54) is 173 Å². The SMILES string of the molecule is CCCCC/C=C\C/C=C\CCCCCCCC(=O)OCCCC/C=C\CCCCCCCC(=O)NC(CO)C(O)/C=C/CCCCCCCCCCCCCCCCCCCCCCC. The fraction of sp³-hybridized carbons (Fsp3) is 0.833. The van der Waals surface area contributed by atoms with Crippen molar-refractivity contribution in [2.45, 2.75) is 309 Å². The summed E-state index contributed by atoms with van der Waals surface area (Å²) >= 11 is 0. The van der Waals surface area contributed by atoms with E-state index in [2.05, 4.69) is 55.6 Å². The van der Waals surface area contributed by atoms with Gasteiger partial charge in [0.05, 0.1) is 25.4 Å². The summed E-state index contributed by atoms with van der Waals surface area (Å²) in [5, 5.41) is 23.2. The lowest BCUT2D eigenvalue weighted by molar-refractivity contribution is -0.143. The molecule has 0 radical (unpaired) electrons. The zero-order valence-electron chi connectivity index (χ0n) is 43.9. The second kappa shape index (κ2) is 55.4. The molecule has 66 heavy (non-hydrogen) atoms. The Morgan fingerprint density at radius 2 is 0.758 bits per heavy atom. The second-order valence-electron chi connectivity index (χ2n) is 19.6. The molecule has 0 aliphatic heterocycles. The van der Waals surface area contributed by atoms with Gasteiger partial charge in [0.15, 0.2) is 0 Å². The normalized spacial score (nSPS) is 13.0. The summed E-state index contributed by atoms with van der Waals surface area (Å²) in [4.78, 5) is 24.5. The molecule has 2 atom stereocenters. The summed E-state index contributed by atoms with van der Waals surface area (Å²) in [7, 11) is 0. The molecule has 3 N–H and O–H groups in total. The van der Waals surface area contributed by atoms with Crippen LogP contribution < -0.4 is 5.32 Å². The minimum absolute atomic E-state index is 0.0470. The summed E-state index contributed by atoms with van der Waals surface area (Å²) in [6.45, 7) is 4.80. The summed E-state index contributed by atoms with van der Waals surface area (Å²) in [5.74, 6) is -0.144. The Balaban J connectivity index is 3.55. The fourth-order valence-electron chi connectivity index (χ4n) is 8.60. The first-order valence-electron chi connectivity index (χ1n) is 28.9. The quantitative estimate of drug-likeness (QED) is 0.0321. The van der Waals surface area contributed by atoms with Crippen molar-refractivity contribution < 1.29 is 24.5 Å². The number of esters is 1. The van der Waals surface area contributed by atoms with E-state index in [4.69, 9.17) is 4.74 Å². The number of carbonyl (C=O) groups is 2. The number of amides is 1. The third-order valence-electron chi connectivity index (χ3n) is 13.1. The Morgan fingerprint density at radius 3 is 1.20 bits per heavy atom. The van der Waals surface area contributed by atoms with E-state index < -0.39 is 12.1 Å². The number of hydrogen-bond acceptors (Lipinski definition) is 5. The molecule has 2 unspecified atom stereocenters. The van der Waals surface area contributed by atoms with Gasteiger partial charge in [-0.25, -0.2) is 0 Å². The molecule has 386 valence electrons. The number of nitrogens with one attached hydrogen (secondary N) is 1. The van der Waals surface area contributed by atoms with Gasteiger partial charge in [-0.1, -0.05) is 242 Å². The van der Waals surface area contributed by atoms with Crippen molar-refractivity contribution in [3.63, 3.8) is 0 Å². The van der Waals surface area contributed by atoms with Gasteiger partial charge in [0, 0.05) is 12.8 Å². The maximum atomic E-state index is 12.5. The molecule has 0 aromatic rings. The van der Waals surface area contributed by atoms with Crippen molar-refractivity contribution in [3.8, 4) is 0 Å². The molecule has 0 spiro atoms. The van der Waals surface area contributed by atoms with Gasteiger partial charge in [0.1, 0.15) is 0 Å². The number of hydrogen-bond donors (Lipinski definition) is 3. The van der Waals surface area contributed by atoms with E-state index in [0.717, 1.165) is 96.3 Å². The first-order valence-corrected chi connectivity index (χ1v) is 28.9. The molecular weight excluding hydrogens is 815 g/mol. The first kappa shape index (κ1) is 63.8. The van der Waals surface area contributed by atoms with Crippen LogP contribution in [0.4, 0.5) is 0 Å². The van der Waals surface area contributed by atoms with Gasteiger partial charge < -0.3 is 20.3 Å². The van der Waals surface area contributed by atoms with E-state index in [1.807, 2.05) is 6.08 Å². The standard InChI is InChI=1S/C60H111NO5/c1-3-5-7-9-11-13-15-17-19-20-21-22-23-24-25-26-28-29-32-36-40-44-48-52-58(63)57(56-62)61-59(64)53-49-45-41-37-33-31-35-39-43-47-51-55-66-60(65)54-50-46-42-38-34-30-27-18-16-14-12-10-8-6-4-2/h12,14,18,27,35,39,48,52,57-58,62-63H,3-11,13,15-17,19-26,28-34,36-38,40-47,49-51,53-56H2,1-2H3,(H,61,64)/b14-12-,27-18-,39-35-,52-48+. The van der Waals surface area contributed by atoms with Crippen LogP contribution in [0, 0.1) is 0 Å². The van der Waals surface area contributed by atoms with Crippen LogP contribution in [-0.2, 0) is 14.3 Å². The smallest absolute Gasteiger partial charge is 0.305 e. The summed E-state index contributed by atoms with van der Waals surface area (Å²) < 4.78 is 5.43. The van der Waals surface area contributed by atoms with E-state index >= 15 is 0 Å². The molecule has 1 amide bonds. The third kappa shape index (κ3) is 51.2. The van der Waals surface area contributed by atoms with Gasteiger partial charge in [-0.05, 0) is 89.9 Å². The molecule has 0 aliphatic rings. The van der Waals surface area contributed by atoms with Gasteiger partial charge in [-0.15, -0.1) is 0 Å². The Hall–Kier alpha value is -2.18. The van der Waals surface area contributed by atoms with Gasteiger partial charge in [-0.3, -0.25) is 9.59 Å². The van der Waals surface area contributed by atoms with Crippen LogP contribution in [0.25, 0.3) is 0 Å². The van der Waals surface area contributed by atoms with Crippen LogP contribution in [0.3, 0.4) is 0 Å². The Kier molecular flexibility index (Phi) is 53.6. The first-order chi connectivity index (χ1) is 32.5. The maximum absolute atomic E-state index is 12.5. The van der Waals surface area contributed by atoms with Crippen molar-refractivity contribution in [1.82, 2.24) is 5.32 Å². The van der Waals surface area contributed by atoms with E-state index in [1.54, 1.807) is 6.08 Å². The highest BCUT2D eigenvalue weighted by Crippen LogP contribution is 2.16. The number of carbonyl (C=O) groups excluding carboxylic acids is 2. The zero-order chi connectivity index (χ0) is 47.9. The van der Waals surface area contributed by atoms with Gasteiger partial charge in [0.25, 0.3) is 0 Å². The number of aliphatic hydroxyl groups is 2. The second-order valence-corrected chi connectivity index (χ2v) is 19.6. The monoisotopic (exact) mass is 926 g/mol. The molecule has 0 aromatic carbocycles.